The Morgan fingerprint density at radius 1 is 0.974 bits per heavy atom. The summed E-state index contributed by atoms with van der Waals surface area (Å²) in [6, 6.07) is -3.01. The number of nitrogens with zero attached hydrogens (tertiary/aromatic N) is 1. The third-order valence-corrected chi connectivity index (χ3v) is 9.66. The van der Waals surface area contributed by atoms with Crippen molar-refractivity contribution in [3.63, 3.8) is 0 Å². The average molecular weight is 546 g/mol. The molecule has 3 aliphatic carbocycles. The summed E-state index contributed by atoms with van der Waals surface area (Å²) < 4.78 is 0. The Morgan fingerprint density at radius 3 is 2.13 bits per heavy atom. The number of rotatable bonds is 9. The molecule has 0 aromatic heterocycles. The molecule has 4 aliphatic rings. The van der Waals surface area contributed by atoms with Crippen molar-refractivity contribution in [3.8, 4) is 0 Å². The summed E-state index contributed by atoms with van der Waals surface area (Å²) >= 11 is 0. The fraction of sp³-hybridized carbons (Fsp3) is 0.828. The Bertz CT molecular complexity index is 1020. The third kappa shape index (κ3) is 6.24. The highest BCUT2D eigenvalue weighted by atomic mass is 16.2. The maximum absolute atomic E-state index is 14.1. The van der Waals surface area contributed by atoms with Gasteiger partial charge in [0.15, 0.2) is 0 Å². The molecule has 10 heteroatoms. The van der Waals surface area contributed by atoms with Crippen LogP contribution in [0.5, 0.6) is 0 Å². The van der Waals surface area contributed by atoms with Crippen LogP contribution in [-0.4, -0.2) is 64.6 Å². The van der Waals surface area contributed by atoms with Gasteiger partial charge in [0.25, 0.3) is 5.91 Å². The number of hydrogen-bond donors (Lipinski definition) is 4. The zero-order chi connectivity index (χ0) is 28.9. The number of urea groups is 1. The zero-order valence-electron chi connectivity index (χ0n) is 24.4. The number of piperidine rings is 1. The molecule has 5 atom stereocenters. The van der Waals surface area contributed by atoms with Crippen LogP contribution >= 0.6 is 0 Å². The second-order valence-electron chi connectivity index (χ2n) is 14.4. The number of ketones is 1. The lowest BCUT2D eigenvalue weighted by Crippen LogP contribution is -2.62. The molecule has 39 heavy (non-hydrogen) atoms. The minimum absolute atomic E-state index is 0.0673. The van der Waals surface area contributed by atoms with E-state index in [9.17, 15) is 24.0 Å². The van der Waals surface area contributed by atoms with E-state index in [1.54, 1.807) is 4.90 Å². The fourth-order valence-corrected chi connectivity index (χ4v) is 6.87. The molecule has 1 heterocycles. The van der Waals surface area contributed by atoms with Crippen molar-refractivity contribution in [1.29, 1.82) is 0 Å². The number of nitrogens with one attached hydrogen (secondary N) is 3. The van der Waals surface area contributed by atoms with Crippen molar-refractivity contribution >= 4 is 29.5 Å². The molecular weight excluding hydrogens is 498 g/mol. The Hall–Kier alpha value is -2.65. The van der Waals surface area contributed by atoms with Gasteiger partial charge < -0.3 is 26.6 Å². The predicted octanol–water partition coefficient (Wildman–Crippen LogP) is 2.25. The maximum Gasteiger partial charge on any atom is 0.315 e. The van der Waals surface area contributed by atoms with Gasteiger partial charge >= 0.3 is 6.03 Å². The van der Waals surface area contributed by atoms with Crippen LogP contribution in [0.1, 0.15) is 92.9 Å². The molecule has 4 rings (SSSR count). The lowest BCUT2D eigenvalue weighted by atomic mass is 9.83. The topological polar surface area (TPSA) is 151 Å². The van der Waals surface area contributed by atoms with E-state index in [0.29, 0.717) is 13.0 Å². The quantitative estimate of drug-likeness (QED) is 0.328. The summed E-state index contributed by atoms with van der Waals surface area (Å²) in [6.07, 6.45) is 7.33. The van der Waals surface area contributed by atoms with Crippen molar-refractivity contribution in [2.75, 3.05) is 6.54 Å². The number of fused-ring (bicyclic) bond motifs is 1. The molecule has 5 amide bonds. The van der Waals surface area contributed by atoms with E-state index in [4.69, 9.17) is 5.73 Å². The summed E-state index contributed by atoms with van der Waals surface area (Å²) in [5, 5.41) is 8.82. The Kier molecular flexibility index (Phi) is 7.82. The lowest BCUT2D eigenvalue weighted by molar-refractivity contribution is -0.145. The van der Waals surface area contributed by atoms with Crippen LogP contribution in [0.4, 0.5) is 4.79 Å². The second kappa shape index (κ2) is 10.4. The number of amides is 5. The molecule has 0 aromatic carbocycles. The van der Waals surface area contributed by atoms with Crippen molar-refractivity contribution in [1.82, 2.24) is 20.9 Å². The molecule has 5 N–H and O–H groups in total. The molecular formula is C29H47N5O5. The number of carbonyl (C=O) groups is 5. The van der Waals surface area contributed by atoms with E-state index in [0.717, 1.165) is 44.9 Å². The first kappa shape index (κ1) is 29.3. The Labute approximate surface area is 231 Å². The number of hydrogen-bond acceptors (Lipinski definition) is 5. The SMILES string of the molecule is CC1(NC(=O)N[C@H](C(=O)N2C[C@H]3[C@@H]([C@H]2C(=O)N[C@@H](CC2CC2)C(=O)C(N)=O)C3(C)C)C(C)(C)C)CCCCC1. The molecule has 1 aliphatic heterocycles. The number of likely N-dealkylation sites (tertiary alicyclic amines) is 1. The molecule has 1 saturated heterocycles. The first-order valence-corrected chi connectivity index (χ1v) is 14.6. The van der Waals surface area contributed by atoms with Crippen LogP contribution in [0.25, 0.3) is 0 Å². The van der Waals surface area contributed by atoms with Crippen LogP contribution in [0.3, 0.4) is 0 Å². The monoisotopic (exact) mass is 545 g/mol. The van der Waals surface area contributed by atoms with E-state index in [-0.39, 0.29) is 40.6 Å². The molecule has 3 saturated carbocycles. The van der Waals surface area contributed by atoms with Gasteiger partial charge in [-0.3, -0.25) is 19.2 Å². The number of Topliss-reactive ketones (excluding diaryl/α,β-unsaturated/α-hetero) is 1. The highest BCUT2D eigenvalue weighted by Gasteiger charge is 2.70. The molecule has 0 radical (unpaired) electrons. The molecule has 0 unspecified atom stereocenters. The van der Waals surface area contributed by atoms with Gasteiger partial charge in [-0.25, -0.2) is 4.79 Å². The average Bonchev–Trinajstić information content (AvgIpc) is 3.68. The molecule has 0 spiro atoms. The first-order chi connectivity index (χ1) is 18.0. The third-order valence-electron chi connectivity index (χ3n) is 9.66. The fourth-order valence-electron chi connectivity index (χ4n) is 6.87. The highest BCUT2D eigenvalue weighted by molar-refractivity contribution is 6.37. The van der Waals surface area contributed by atoms with Crippen molar-refractivity contribution in [2.24, 2.45) is 34.3 Å². The standard InChI is InChI=1S/C29H47N5O5/c1-27(2,3)22(32-26(39)33-29(6)12-8-7-9-13-29)25(38)34-15-17-19(28(17,4)5)20(34)24(37)31-18(14-16-10-11-16)21(35)23(30)36/h16-20,22H,7-15H2,1-6H3,(H2,30,36)(H,31,37)(H2,32,33,39)/t17-,18-,19-,20-,22+/m0/s1. The first-order valence-electron chi connectivity index (χ1n) is 14.6. The van der Waals surface area contributed by atoms with Crippen LogP contribution in [0.2, 0.25) is 0 Å². The normalized spacial score (nSPS) is 28.5. The highest BCUT2D eigenvalue weighted by Crippen LogP contribution is 2.65. The molecule has 10 nitrogen and oxygen atoms in total. The van der Waals surface area contributed by atoms with E-state index in [2.05, 4.69) is 29.8 Å². The van der Waals surface area contributed by atoms with Gasteiger partial charge in [-0.05, 0) is 54.8 Å². The van der Waals surface area contributed by atoms with Crippen LogP contribution in [-0.2, 0) is 19.2 Å². The van der Waals surface area contributed by atoms with Crippen molar-refractivity contribution in [2.45, 2.75) is 117 Å². The van der Waals surface area contributed by atoms with Gasteiger partial charge in [-0.15, -0.1) is 0 Å². The minimum atomic E-state index is -1.07. The van der Waals surface area contributed by atoms with Gasteiger partial charge in [-0.2, -0.15) is 0 Å². The Morgan fingerprint density at radius 2 is 1.59 bits per heavy atom. The van der Waals surface area contributed by atoms with Gasteiger partial charge in [-0.1, -0.05) is 66.7 Å². The predicted molar refractivity (Wildman–Crippen MR) is 146 cm³/mol. The van der Waals surface area contributed by atoms with Crippen LogP contribution in [0, 0.1) is 28.6 Å². The molecule has 0 bridgehead atoms. The van der Waals surface area contributed by atoms with Crippen molar-refractivity contribution < 1.29 is 24.0 Å². The molecule has 0 aromatic rings. The smallest absolute Gasteiger partial charge is 0.315 e. The van der Waals surface area contributed by atoms with E-state index < -0.39 is 41.1 Å². The van der Waals surface area contributed by atoms with E-state index in [1.165, 1.54) is 0 Å². The molecule has 218 valence electrons. The van der Waals surface area contributed by atoms with Crippen molar-refractivity contribution in [3.05, 3.63) is 0 Å². The summed E-state index contributed by atoms with van der Waals surface area (Å²) in [4.78, 5) is 66.7. The summed E-state index contributed by atoms with van der Waals surface area (Å²) in [5.41, 5.74) is 4.23. The van der Waals surface area contributed by atoms with Gasteiger partial charge in [0.1, 0.15) is 12.1 Å². The van der Waals surface area contributed by atoms with Gasteiger partial charge in [0.2, 0.25) is 17.6 Å². The largest absolute Gasteiger partial charge is 0.363 e. The van der Waals surface area contributed by atoms with Crippen LogP contribution < -0.4 is 21.7 Å². The second-order valence-corrected chi connectivity index (χ2v) is 14.4. The van der Waals surface area contributed by atoms with E-state index >= 15 is 0 Å². The van der Waals surface area contributed by atoms with Gasteiger partial charge in [0.05, 0.1) is 6.04 Å². The Balaban J connectivity index is 1.52. The minimum Gasteiger partial charge on any atom is -0.363 e. The van der Waals surface area contributed by atoms with E-state index in [1.807, 2.05) is 27.7 Å². The lowest BCUT2D eigenvalue weighted by Gasteiger charge is -2.39. The summed E-state index contributed by atoms with van der Waals surface area (Å²) in [6.45, 7) is 12.3. The summed E-state index contributed by atoms with van der Waals surface area (Å²) in [7, 11) is 0. The number of nitrogens with two attached hydrogens (primary N) is 1. The van der Waals surface area contributed by atoms with Crippen LogP contribution in [0.15, 0.2) is 0 Å². The zero-order valence-corrected chi connectivity index (χ0v) is 24.4. The number of primary amides is 1. The summed E-state index contributed by atoms with van der Waals surface area (Å²) in [5.74, 6) is -2.27. The maximum atomic E-state index is 14.1. The molecule has 4 fully saturated rings. The number of carbonyl (C=O) groups excluding carboxylic acids is 5. The van der Waals surface area contributed by atoms with Gasteiger partial charge in [0, 0.05) is 12.1 Å².